The molecule has 0 fully saturated rings. The van der Waals surface area contributed by atoms with Crippen LogP contribution in [0.4, 0.5) is 0 Å². The zero-order chi connectivity index (χ0) is 25.5. The third-order valence-corrected chi connectivity index (χ3v) is 7.72. The van der Waals surface area contributed by atoms with E-state index >= 15 is 0 Å². The summed E-state index contributed by atoms with van der Waals surface area (Å²) in [6.45, 7) is 4.02. The summed E-state index contributed by atoms with van der Waals surface area (Å²) < 4.78 is 8.02. The lowest BCUT2D eigenvalue weighted by atomic mass is 9.88. The van der Waals surface area contributed by atoms with Crippen LogP contribution in [0.3, 0.4) is 0 Å². The predicted molar refractivity (Wildman–Crippen MR) is 143 cm³/mol. The molecular formula is C29H24N4O3S. The lowest BCUT2D eigenvalue weighted by Crippen LogP contribution is -2.28. The zero-order valence-electron chi connectivity index (χ0n) is 20.5. The summed E-state index contributed by atoms with van der Waals surface area (Å²) in [5.74, 6) is -0.447. The van der Waals surface area contributed by atoms with Crippen LogP contribution in [-0.4, -0.2) is 38.1 Å². The highest BCUT2D eigenvalue weighted by Gasteiger charge is 2.35. The minimum atomic E-state index is -0.513. The Morgan fingerprint density at radius 1 is 1.11 bits per heavy atom. The lowest BCUT2D eigenvalue weighted by Gasteiger charge is -2.27. The van der Waals surface area contributed by atoms with E-state index in [1.807, 2.05) is 61.7 Å². The molecule has 1 aliphatic rings. The number of hydrogen-bond acceptors (Lipinski definition) is 7. The number of ether oxygens (including phenoxy) is 1. The van der Waals surface area contributed by atoms with Crippen molar-refractivity contribution in [1.82, 2.24) is 19.7 Å². The van der Waals surface area contributed by atoms with Gasteiger partial charge >= 0.3 is 5.97 Å². The first kappa shape index (κ1) is 23.2. The standard InChI is InChI=1S/C29H24N4O3S/c1-3-36-29(35)23-15-21-12-17(2)26(24(34)14-18-8-9-20-16-30-11-10-19(20)13-18)27(33(21)32-23)28-31-22-6-4-5-7-25(22)37-28/h4-11,13,15-16,27H,3,12,14H2,1-2H3. The maximum absolute atomic E-state index is 13.9. The Labute approximate surface area is 217 Å². The topological polar surface area (TPSA) is 87.0 Å². The van der Waals surface area contributed by atoms with Crippen molar-refractivity contribution in [3.8, 4) is 0 Å². The molecule has 4 heterocycles. The molecule has 0 bridgehead atoms. The van der Waals surface area contributed by atoms with Crippen LogP contribution in [0.1, 0.15) is 46.6 Å². The van der Waals surface area contributed by atoms with E-state index in [1.165, 1.54) is 0 Å². The summed E-state index contributed by atoms with van der Waals surface area (Å²) in [4.78, 5) is 35.5. The average molecular weight is 509 g/mol. The molecule has 0 amide bonds. The van der Waals surface area contributed by atoms with Crippen LogP contribution in [0.5, 0.6) is 0 Å². The lowest BCUT2D eigenvalue weighted by molar-refractivity contribution is -0.115. The quantitative estimate of drug-likeness (QED) is 0.282. The van der Waals surface area contributed by atoms with E-state index in [0.717, 1.165) is 42.8 Å². The molecule has 5 aromatic rings. The Kier molecular flexibility index (Phi) is 5.88. The van der Waals surface area contributed by atoms with E-state index in [4.69, 9.17) is 9.72 Å². The molecule has 0 saturated carbocycles. The molecule has 1 aliphatic heterocycles. The number of carbonyl (C=O) groups is 2. The summed E-state index contributed by atoms with van der Waals surface area (Å²) >= 11 is 1.55. The van der Waals surface area contributed by atoms with E-state index in [1.54, 1.807) is 35.2 Å². The number of para-hydroxylation sites is 1. The second-order valence-corrected chi connectivity index (χ2v) is 10.2. The van der Waals surface area contributed by atoms with Gasteiger partial charge in [-0.15, -0.1) is 11.3 Å². The third-order valence-electron chi connectivity index (χ3n) is 6.64. The second kappa shape index (κ2) is 9.37. The molecule has 0 spiro atoms. The molecule has 1 atom stereocenters. The van der Waals surface area contributed by atoms with Gasteiger partial charge in [0.15, 0.2) is 11.5 Å². The number of rotatable bonds is 6. The molecule has 3 aromatic heterocycles. The monoisotopic (exact) mass is 508 g/mol. The highest BCUT2D eigenvalue weighted by Crippen LogP contribution is 2.39. The molecular weight excluding hydrogens is 484 g/mol. The van der Waals surface area contributed by atoms with Crippen LogP contribution in [0.2, 0.25) is 0 Å². The van der Waals surface area contributed by atoms with Crippen molar-refractivity contribution in [2.24, 2.45) is 0 Å². The van der Waals surface area contributed by atoms with Crippen LogP contribution in [0.15, 0.2) is 78.1 Å². The first-order valence-corrected chi connectivity index (χ1v) is 13.0. The Morgan fingerprint density at radius 3 is 2.81 bits per heavy atom. The summed E-state index contributed by atoms with van der Waals surface area (Å²) in [7, 11) is 0. The molecule has 7 nitrogen and oxygen atoms in total. The highest BCUT2D eigenvalue weighted by atomic mass is 32.1. The van der Waals surface area contributed by atoms with Crippen molar-refractivity contribution in [3.63, 3.8) is 0 Å². The minimum absolute atomic E-state index is 0.0222. The fourth-order valence-corrected chi connectivity index (χ4v) is 6.03. The Balaban J connectivity index is 1.43. The van der Waals surface area contributed by atoms with Crippen molar-refractivity contribution in [3.05, 3.63) is 100 Å². The summed E-state index contributed by atoms with van der Waals surface area (Å²) in [6, 6.07) is 17.1. The van der Waals surface area contributed by atoms with Gasteiger partial charge in [-0.05, 0) is 49.1 Å². The molecule has 0 radical (unpaired) electrons. The number of fused-ring (bicyclic) bond motifs is 3. The van der Waals surface area contributed by atoms with E-state index in [9.17, 15) is 9.59 Å². The zero-order valence-corrected chi connectivity index (χ0v) is 21.3. The van der Waals surface area contributed by atoms with Gasteiger partial charge in [-0.25, -0.2) is 9.78 Å². The molecule has 184 valence electrons. The summed E-state index contributed by atoms with van der Waals surface area (Å²) in [5.41, 5.74) is 4.56. The van der Waals surface area contributed by atoms with Crippen molar-refractivity contribution in [2.45, 2.75) is 32.7 Å². The van der Waals surface area contributed by atoms with E-state index in [2.05, 4.69) is 10.1 Å². The largest absolute Gasteiger partial charge is 0.461 e. The molecule has 6 rings (SSSR count). The normalized spacial score (nSPS) is 15.2. The Hall–Kier alpha value is -4.17. The van der Waals surface area contributed by atoms with Crippen LogP contribution in [-0.2, 0) is 22.4 Å². The van der Waals surface area contributed by atoms with Crippen molar-refractivity contribution in [1.29, 1.82) is 0 Å². The molecule has 0 aliphatic carbocycles. The number of carbonyl (C=O) groups excluding carboxylic acids is 2. The number of benzene rings is 2. The van der Waals surface area contributed by atoms with Crippen LogP contribution >= 0.6 is 11.3 Å². The van der Waals surface area contributed by atoms with Gasteiger partial charge < -0.3 is 4.74 Å². The molecule has 0 N–H and O–H groups in total. The maximum Gasteiger partial charge on any atom is 0.358 e. The van der Waals surface area contributed by atoms with Gasteiger partial charge in [-0.1, -0.05) is 35.9 Å². The first-order chi connectivity index (χ1) is 18.0. The number of ketones is 1. The van der Waals surface area contributed by atoms with Gasteiger partial charge in [0.25, 0.3) is 0 Å². The van der Waals surface area contributed by atoms with Crippen LogP contribution in [0, 0.1) is 0 Å². The summed E-state index contributed by atoms with van der Waals surface area (Å²) in [6.07, 6.45) is 4.36. The van der Waals surface area contributed by atoms with E-state index in [-0.39, 0.29) is 24.5 Å². The number of Topliss-reactive ketones (excluding diaryl/α,β-unsaturated/α-hetero) is 1. The average Bonchev–Trinajstić information content (AvgIpc) is 3.52. The van der Waals surface area contributed by atoms with Gasteiger partial charge in [0.1, 0.15) is 11.0 Å². The molecule has 0 saturated heterocycles. The number of hydrogen-bond donors (Lipinski definition) is 0. The predicted octanol–water partition coefficient (Wildman–Crippen LogP) is 5.49. The number of thiazole rings is 1. The maximum atomic E-state index is 13.9. The van der Waals surface area contributed by atoms with Gasteiger partial charge in [-0.3, -0.25) is 14.5 Å². The van der Waals surface area contributed by atoms with Gasteiger partial charge in [0.05, 0.1) is 16.8 Å². The molecule has 37 heavy (non-hydrogen) atoms. The van der Waals surface area contributed by atoms with Gasteiger partial charge in [-0.2, -0.15) is 5.10 Å². The van der Waals surface area contributed by atoms with E-state index < -0.39 is 12.0 Å². The fourth-order valence-electron chi connectivity index (χ4n) is 4.97. The number of nitrogens with zero attached hydrogens (tertiary/aromatic N) is 4. The third kappa shape index (κ3) is 4.23. The van der Waals surface area contributed by atoms with Crippen molar-refractivity contribution in [2.75, 3.05) is 6.61 Å². The molecule has 8 heteroatoms. The molecule has 1 unspecified atom stereocenters. The Bertz CT molecular complexity index is 1680. The van der Waals surface area contributed by atoms with Crippen LogP contribution in [0.25, 0.3) is 21.0 Å². The summed E-state index contributed by atoms with van der Waals surface area (Å²) in [5, 5.41) is 7.48. The van der Waals surface area contributed by atoms with Gasteiger partial charge in [0, 0.05) is 41.9 Å². The number of aromatic nitrogens is 4. The SMILES string of the molecule is CCOC(=O)c1cc2n(n1)C(c1nc3ccccc3s1)C(C(=O)Cc1ccc3cnccc3c1)=C(C)C2. The van der Waals surface area contributed by atoms with Crippen LogP contribution < -0.4 is 0 Å². The van der Waals surface area contributed by atoms with Crippen molar-refractivity contribution < 1.29 is 14.3 Å². The highest BCUT2D eigenvalue weighted by molar-refractivity contribution is 7.18. The Morgan fingerprint density at radius 2 is 1.97 bits per heavy atom. The smallest absolute Gasteiger partial charge is 0.358 e. The fraction of sp³-hybridized carbons (Fsp3) is 0.207. The van der Waals surface area contributed by atoms with Gasteiger partial charge in [0.2, 0.25) is 0 Å². The number of allylic oxidation sites excluding steroid dienone is 2. The molecule has 2 aromatic carbocycles. The second-order valence-electron chi connectivity index (χ2n) is 9.14. The number of esters is 1. The minimum Gasteiger partial charge on any atom is -0.461 e. The van der Waals surface area contributed by atoms with E-state index in [0.29, 0.717) is 12.0 Å². The first-order valence-electron chi connectivity index (χ1n) is 12.2. The number of pyridine rings is 1. The van der Waals surface area contributed by atoms with Crippen molar-refractivity contribution >= 4 is 44.1 Å².